The maximum absolute atomic E-state index is 12.6. The van der Waals surface area contributed by atoms with Crippen LogP contribution >= 0.6 is 0 Å². The summed E-state index contributed by atoms with van der Waals surface area (Å²) in [6, 6.07) is 11.6. The molecule has 0 unspecified atom stereocenters. The Kier molecular flexibility index (Phi) is 5.68. The highest BCUT2D eigenvalue weighted by atomic mass is 16.5. The molecule has 0 radical (unpaired) electrons. The van der Waals surface area contributed by atoms with Crippen LogP contribution in [0.3, 0.4) is 0 Å². The molecular formula is C20H24N2O3. The van der Waals surface area contributed by atoms with Gasteiger partial charge in [0.1, 0.15) is 11.5 Å². The first kappa shape index (κ1) is 17.5. The molecule has 0 bridgehead atoms. The highest BCUT2D eigenvalue weighted by molar-refractivity contribution is 6.07. The number of nitrogens with two attached hydrogens (primary N) is 2. The van der Waals surface area contributed by atoms with Crippen molar-refractivity contribution < 1.29 is 14.3 Å². The SMILES string of the molecule is NCCCOc1ccc2c(c1)CC(=O)c1cc(OCCCN)ccc1-2. The van der Waals surface area contributed by atoms with Gasteiger partial charge in [-0.1, -0.05) is 6.07 Å². The summed E-state index contributed by atoms with van der Waals surface area (Å²) in [7, 11) is 0. The second-order valence-electron chi connectivity index (χ2n) is 6.11. The summed E-state index contributed by atoms with van der Waals surface area (Å²) >= 11 is 0. The van der Waals surface area contributed by atoms with Gasteiger partial charge in [0, 0.05) is 12.0 Å². The van der Waals surface area contributed by atoms with Crippen LogP contribution in [0.2, 0.25) is 0 Å². The third kappa shape index (κ3) is 4.00. The van der Waals surface area contributed by atoms with E-state index in [1.54, 1.807) is 0 Å². The number of carbonyl (C=O) groups excluding carboxylic acids is 1. The fraction of sp³-hybridized carbons (Fsp3) is 0.350. The minimum atomic E-state index is 0.103. The first-order valence-electron chi connectivity index (χ1n) is 8.69. The molecule has 3 rings (SSSR count). The molecule has 0 aromatic heterocycles. The maximum atomic E-state index is 12.6. The van der Waals surface area contributed by atoms with Gasteiger partial charge in [0.15, 0.2) is 5.78 Å². The van der Waals surface area contributed by atoms with Crippen molar-refractivity contribution in [3.8, 4) is 22.6 Å². The van der Waals surface area contributed by atoms with Crippen LogP contribution in [0.25, 0.3) is 11.1 Å². The predicted molar refractivity (Wildman–Crippen MR) is 98.2 cm³/mol. The number of hydrogen-bond acceptors (Lipinski definition) is 5. The quantitative estimate of drug-likeness (QED) is 0.721. The van der Waals surface area contributed by atoms with Gasteiger partial charge in [-0.2, -0.15) is 0 Å². The number of rotatable bonds is 8. The Morgan fingerprint density at radius 2 is 1.40 bits per heavy atom. The molecule has 1 aliphatic rings. The minimum absolute atomic E-state index is 0.103. The fourth-order valence-electron chi connectivity index (χ4n) is 2.96. The summed E-state index contributed by atoms with van der Waals surface area (Å²) in [5.41, 5.74) is 14.7. The van der Waals surface area contributed by atoms with Crippen molar-refractivity contribution in [1.29, 1.82) is 0 Å². The lowest BCUT2D eigenvalue weighted by Crippen LogP contribution is -2.13. The summed E-state index contributed by atoms with van der Waals surface area (Å²) in [6.07, 6.45) is 1.98. The van der Waals surface area contributed by atoms with E-state index in [0.29, 0.717) is 38.5 Å². The van der Waals surface area contributed by atoms with Gasteiger partial charge in [0.2, 0.25) is 0 Å². The Bertz CT molecular complexity index is 759. The molecule has 132 valence electrons. The van der Waals surface area contributed by atoms with E-state index in [9.17, 15) is 4.79 Å². The average Bonchev–Trinajstić information content (AvgIpc) is 2.62. The molecule has 0 aliphatic heterocycles. The molecule has 0 heterocycles. The van der Waals surface area contributed by atoms with Crippen LogP contribution in [0.5, 0.6) is 11.5 Å². The van der Waals surface area contributed by atoms with Crippen molar-refractivity contribution in [3.05, 3.63) is 47.5 Å². The fourth-order valence-corrected chi connectivity index (χ4v) is 2.96. The molecule has 0 saturated heterocycles. The smallest absolute Gasteiger partial charge is 0.168 e. The molecule has 0 fully saturated rings. The van der Waals surface area contributed by atoms with Crippen LogP contribution in [0.4, 0.5) is 0 Å². The summed E-state index contributed by atoms with van der Waals surface area (Å²) < 4.78 is 11.3. The topological polar surface area (TPSA) is 87.6 Å². The lowest BCUT2D eigenvalue weighted by molar-refractivity contribution is 0.0991. The normalized spacial score (nSPS) is 12.5. The summed E-state index contributed by atoms with van der Waals surface area (Å²) in [5.74, 6) is 1.60. The molecule has 5 nitrogen and oxygen atoms in total. The van der Waals surface area contributed by atoms with E-state index >= 15 is 0 Å². The number of ketones is 1. The lowest BCUT2D eigenvalue weighted by Gasteiger charge is -2.20. The average molecular weight is 340 g/mol. The van der Waals surface area contributed by atoms with E-state index in [1.807, 2.05) is 36.4 Å². The zero-order chi connectivity index (χ0) is 17.6. The molecule has 0 saturated carbocycles. The first-order valence-corrected chi connectivity index (χ1v) is 8.69. The van der Waals surface area contributed by atoms with Crippen molar-refractivity contribution >= 4 is 5.78 Å². The largest absolute Gasteiger partial charge is 0.494 e. The molecule has 0 atom stereocenters. The van der Waals surface area contributed by atoms with E-state index in [0.717, 1.165) is 40.8 Å². The zero-order valence-electron chi connectivity index (χ0n) is 14.3. The highest BCUT2D eigenvalue weighted by Gasteiger charge is 2.23. The standard InChI is InChI=1S/C20H24N2O3/c21-7-1-9-24-15-3-5-17-14(11-15)12-20(23)19-13-16(4-6-18(17)19)25-10-2-8-22/h3-6,11,13H,1-2,7-10,12,21-22H2. The molecular weight excluding hydrogens is 316 g/mol. The Morgan fingerprint density at radius 3 is 2.04 bits per heavy atom. The number of benzene rings is 2. The molecule has 0 spiro atoms. The van der Waals surface area contributed by atoms with Crippen molar-refractivity contribution in [3.63, 3.8) is 0 Å². The molecule has 1 aliphatic carbocycles. The molecule has 2 aromatic carbocycles. The molecule has 0 amide bonds. The third-order valence-corrected chi connectivity index (χ3v) is 4.24. The van der Waals surface area contributed by atoms with E-state index in [-0.39, 0.29) is 5.78 Å². The van der Waals surface area contributed by atoms with Gasteiger partial charge in [0.25, 0.3) is 0 Å². The van der Waals surface area contributed by atoms with Crippen molar-refractivity contribution in [2.75, 3.05) is 26.3 Å². The van der Waals surface area contributed by atoms with Crippen LogP contribution in [0.1, 0.15) is 28.8 Å². The number of fused-ring (bicyclic) bond motifs is 3. The third-order valence-electron chi connectivity index (χ3n) is 4.24. The van der Waals surface area contributed by atoms with Crippen LogP contribution in [0, 0.1) is 0 Å². The van der Waals surface area contributed by atoms with Gasteiger partial charge in [-0.25, -0.2) is 0 Å². The van der Waals surface area contributed by atoms with Crippen LogP contribution < -0.4 is 20.9 Å². The minimum Gasteiger partial charge on any atom is -0.494 e. The molecule has 5 heteroatoms. The van der Waals surface area contributed by atoms with Crippen LogP contribution in [-0.2, 0) is 6.42 Å². The van der Waals surface area contributed by atoms with Gasteiger partial charge < -0.3 is 20.9 Å². The number of carbonyl (C=O) groups is 1. The van der Waals surface area contributed by atoms with E-state index in [1.165, 1.54) is 0 Å². The second-order valence-corrected chi connectivity index (χ2v) is 6.11. The summed E-state index contributed by atoms with van der Waals surface area (Å²) in [5, 5.41) is 0. The van der Waals surface area contributed by atoms with E-state index in [2.05, 4.69) is 0 Å². The number of ether oxygens (including phenoxy) is 2. The maximum Gasteiger partial charge on any atom is 0.168 e. The first-order chi connectivity index (χ1) is 12.2. The van der Waals surface area contributed by atoms with Crippen LogP contribution in [-0.4, -0.2) is 32.1 Å². The number of hydrogen-bond donors (Lipinski definition) is 2. The van der Waals surface area contributed by atoms with Crippen LogP contribution in [0.15, 0.2) is 36.4 Å². The Balaban J connectivity index is 1.83. The van der Waals surface area contributed by atoms with Gasteiger partial charge in [-0.05, 0) is 73.0 Å². The van der Waals surface area contributed by atoms with Crippen molar-refractivity contribution in [1.82, 2.24) is 0 Å². The summed E-state index contributed by atoms with van der Waals surface area (Å²) in [4.78, 5) is 12.6. The van der Waals surface area contributed by atoms with Crippen molar-refractivity contribution in [2.24, 2.45) is 11.5 Å². The Morgan fingerprint density at radius 1 is 0.800 bits per heavy atom. The number of Topliss-reactive ketones (excluding diaryl/α,β-unsaturated/α-hetero) is 1. The van der Waals surface area contributed by atoms with Gasteiger partial charge in [-0.3, -0.25) is 4.79 Å². The van der Waals surface area contributed by atoms with Gasteiger partial charge in [-0.15, -0.1) is 0 Å². The monoisotopic (exact) mass is 340 g/mol. The predicted octanol–water partition coefficient (Wildman–Crippen LogP) is 2.55. The van der Waals surface area contributed by atoms with E-state index < -0.39 is 0 Å². The van der Waals surface area contributed by atoms with Gasteiger partial charge >= 0.3 is 0 Å². The summed E-state index contributed by atoms with van der Waals surface area (Å²) in [6.45, 7) is 2.34. The molecule has 25 heavy (non-hydrogen) atoms. The molecule has 2 aromatic rings. The lowest BCUT2D eigenvalue weighted by atomic mass is 9.84. The second kappa shape index (κ2) is 8.14. The molecule has 4 N–H and O–H groups in total. The zero-order valence-corrected chi connectivity index (χ0v) is 14.3. The van der Waals surface area contributed by atoms with Crippen molar-refractivity contribution in [2.45, 2.75) is 19.3 Å². The highest BCUT2D eigenvalue weighted by Crippen LogP contribution is 2.37. The van der Waals surface area contributed by atoms with E-state index in [4.69, 9.17) is 20.9 Å². The Labute approximate surface area is 147 Å². The van der Waals surface area contributed by atoms with Gasteiger partial charge in [0.05, 0.1) is 13.2 Å². The Hall–Kier alpha value is -2.37.